The molecule has 0 heterocycles. The van der Waals surface area contributed by atoms with E-state index in [2.05, 4.69) is 5.32 Å². The molecule has 0 fully saturated rings. The lowest BCUT2D eigenvalue weighted by Crippen LogP contribution is -2.42. The largest absolute Gasteiger partial charge is 0.478 e. The van der Waals surface area contributed by atoms with Gasteiger partial charge in [-0.1, -0.05) is 42.5 Å². The number of carbonyl (C=O) groups excluding carboxylic acids is 1. The quantitative estimate of drug-likeness (QED) is 0.626. The Morgan fingerprint density at radius 1 is 1.07 bits per heavy atom. The third-order valence-corrected chi connectivity index (χ3v) is 3.90. The highest BCUT2D eigenvalue weighted by Crippen LogP contribution is 2.05. The number of likely N-dealkylation sites (N-methyl/N-ethyl adjacent to an activating group) is 1. The van der Waals surface area contributed by atoms with Gasteiger partial charge in [0.2, 0.25) is 0 Å². The van der Waals surface area contributed by atoms with Gasteiger partial charge >= 0.3 is 12.0 Å². The summed E-state index contributed by atoms with van der Waals surface area (Å²) in [6, 6.07) is 15.6. The Morgan fingerprint density at radius 2 is 1.74 bits per heavy atom. The summed E-state index contributed by atoms with van der Waals surface area (Å²) in [7, 11) is 1.59. The number of hydrogen-bond acceptors (Lipinski definition) is 4. The Labute approximate surface area is 158 Å². The van der Waals surface area contributed by atoms with Crippen molar-refractivity contribution >= 4 is 12.0 Å². The molecule has 2 rings (SSSR count). The zero-order valence-electron chi connectivity index (χ0n) is 15.2. The maximum Gasteiger partial charge on any atom is 0.335 e. The molecule has 2 amide bonds. The molecule has 144 valence electrons. The smallest absolute Gasteiger partial charge is 0.335 e. The number of rotatable bonds is 9. The Morgan fingerprint density at radius 3 is 2.37 bits per heavy atom. The molecule has 0 saturated carbocycles. The van der Waals surface area contributed by atoms with Gasteiger partial charge in [-0.2, -0.15) is 0 Å². The summed E-state index contributed by atoms with van der Waals surface area (Å²) in [5.41, 5.74) is 2.00. The third kappa shape index (κ3) is 7.08. The number of urea groups is 1. The number of hydrogen-bond donors (Lipinski definition) is 3. The molecule has 0 saturated heterocycles. The van der Waals surface area contributed by atoms with Crippen LogP contribution in [0.3, 0.4) is 0 Å². The van der Waals surface area contributed by atoms with E-state index in [-0.39, 0.29) is 31.3 Å². The minimum Gasteiger partial charge on any atom is -0.478 e. The molecule has 2 aromatic rings. The van der Waals surface area contributed by atoms with Crippen molar-refractivity contribution in [2.24, 2.45) is 0 Å². The third-order valence-electron chi connectivity index (χ3n) is 3.90. The molecule has 0 aliphatic rings. The number of nitrogens with zero attached hydrogens (tertiary/aromatic N) is 1. The fourth-order valence-electron chi connectivity index (χ4n) is 2.42. The summed E-state index contributed by atoms with van der Waals surface area (Å²) in [6.45, 7) is 0.936. The maximum absolute atomic E-state index is 12.1. The van der Waals surface area contributed by atoms with Crippen LogP contribution in [0.25, 0.3) is 0 Å². The summed E-state index contributed by atoms with van der Waals surface area (Å²) in [5, 5.41) is 21.6. The van der Waals surface area contributed by atoms with Crippen molar-refractivity contribution in [3.05, 3.63) is 71.3 Å². The van der Waals surface area contributed by atoms with Gasteiger partial charge in [0.05, 0.1) is 31.4 Å². The minimum absolute atomic E-state index is 0.128. The van der Waals surface area contributed by atoms with Gasteiger partial charge in [0.1, 0.15) is 0 Å². The van der Waals surface area contributed by atoms with E-state index in [9.17, 15) is 14.7 Å². The van der Waals surface area contributed by atoms with Gasteiger partial charge < -0.3 is 25.2 Å². The van der Waals surface area contributed by atoms with Crippen LogP contribution in [0, 0.1) is 0 Å². The van der Waals surface area contributed by atoms with Crippen molar-refractivity contribution in [1.82, 2.24) is 10.2 Å². The van der Waals surface area contributed by atoms with Crippen molar-refractivity contribution < 1.29 is 24.5 Å². The van der Waals surface area contributed by atoms with Crippen LogP contribution >= 0.6 is 0 Å². The Hall–Kier alpha value is -2.90. The normalized spacial score (nSPS) is 11.6. The zero-order valence-corrected chi connectivity index (χ0v) is 15.2. The SMILES string of the molecule is CN(CC(O)COCc1ccccc1)C(=O)NCc1ccc(C(=O)O)cc1. The molecule has 3 N–H and O–H groups in total. The number of aromatic carboxylic acids is 1. The molecule has 0 radical (unpaired) electrons. The van der Waals surface area contributed by atoms with E-state index < -0.39 is 12.1 Å². The van der Waals surface area contributed by atoms with Crippen LogP contribution < -0.4 is 5.32 Å². The van der Waals surface area contributed by atoms with E-state index in [1.54, 1.807) is 19.2 Å². The molecule has 1 atom stereocenters. The predicted molar refractivity (Wildman–Crippen MR) is 100 cm³/mol. The molecule has 7 heteroatoms. The number of benzene rings is 2. The lowest BCUT2D eigenvalue weighted by Gasteiger charge is -2.21. The average Bonchev–Trinajstić information content (AvgIpc) is 2.67. The van der Waals surface area contributed by atoms with Gasteiger partial charge in [0.25, 0.3) is 0 Å². The van der Waals surface area contributed by atoms with Crippen molar-refractivity contribution in [3.8, 4) is 0 Å². The number of carboxylic acid groups (broad SMARTS) is 1. The molecular weight excluding hydrogens is 348 g/mol. The van der Waals surface area contributed by atoms with E-state index >= 15 is 0 Å². The molecule has 0 aliphatic heterocycles. The number of amides is 2. The number of nitrogens with one attached hydrogen (secondary N) is 1. The Kier molecular flexibility index (Phi) is 7.79. The van der Waals surface area contributed by atoms with Gasteiger partial charge in [-0.05, 0) is 23.3 Å². The van der Waals surface area contributed by atoms with E-state index in [0.29, 0.717) is 6.61 Å². The van der Waals surface area contributed by atoms with Crippen molar-refractivity contribution in [3.63, 3.8) is 0 Å². The second-order valence-corrected chi connectivity index (χ2v) is 6.20. The summed E-state index contributed by atoms with van der Waals surface area (Å²) in [6.07, 6.45) is -0.792. The summed E-state index contributed by atoms with van der Waals surface area (Å²) in [4.78, 5) is 24.3. The maximum atomic E-state index is 12.1. The first kappa shape index (κ1) is 20.4. The molecule has 0 aromatic heterocycles. The van der Waals surface area contributed by atoms with Gasteiger partial charge in [-0.3, -0.25) is 0 Å². The van der Waals surface area contributed by atoms with Crippen LogP contribution in [0.1, 0.15) is 21.5 Å². The van der Waals surface area contributed by atoms with Crippen molar-refractivity contribution in [2.45, 2.75) is 19.3 Å². The van der Waals surface area contributed by atoms with Crippen LogP contribution in [0.15, 0.2) is 54.6 Å². The number of ether oxygens (including phenoxy) is 1. The highest BCUT2D eigenvalue weighted by molar-refractivity contribution is 5.87. The van der Waals surface area contributed by atoms with Gasteiger partial charge in [0.15, 0.2) is 0 Å². The lowest BCUT2D eigenvalue weighted by atomic mass is 10.1. The first-order valence-electron chi connectivity index (χ1n) is 8.56. The molecule has 0 spiro atoms. The fourth-order valence-corrected chi connectivity index (χ4v) is 2.42. The second kappa shape index (κ2) is 10.3. The second-order valence-electron chi connectivity index (χ2n) is 6.20. The average molecular weight is 372 g/mol. The van der Waals surface area contributed by atoms with Gasteiger partial charge in [-0.15, -0.1) is 0 Å². The van der Waals surface area contributed by atoms with Crippen LogP contribution in [-0.4, -0.2) is 53.4 Å². The van der Waals surface area contributed by atoms with E-state index in [0.717, 1.165) is 11.1 Å². The fraction of sp³-hybridized carbons (Fsp3) is 0.300. The van der Waals surface area contributed by atoms with E-state index in [4.69, 9.17) is 9.84 Å². The Bertz CT molecular complexity index is 734. The first-order chi connectivity index (χ1) is 13.0. The molecule has 0 aliphatic carbocycles. The molecule has 1 unspecified atom stereocenters. The van der Waals surface area contributed by atoms with Crippen molar-refractivity contribution in [1.29, 1.82) is 0 Å². The number of carboxylic acids is 1. The summed E-state index contributed by atoms with van der Waals surface area (Å²) < 4.78 is 5.47. The number of aliphatic hydroxyl groups is 1. The molecule has 27 heavy (non-hydrogen) atoms. The van der Waals surface area contributed by atoms with Gasteiger partial charge in [-0.25, -0.2) is 9.59 Å². The molecular formula is C20H24N2O5. The topological polar surface area (TPSA) is 99.1 Å². The van der Waals surface area contributed by atoms with Crippen LogP contribution in [0.5, 0.6) is 0 Å². The first-order valence-corrected chi connectivity index (χ1v) is 8.56. The lowest BCUT2D eigenvalue weighted by molar-refractivity contribution is 0.0181. The van der Waals surface area contributed by atoms with Crippen LogP contribution in [-0.2, 0) is 17.9 Å². The minimum atomic E-state index is -0.992. The summed E-state index contributed by atoms with van der Waals surface area (Å²) >= 11 is 0. The Balaban J connectivity index is 1.68. The standard InChI is InChI=1S/C20H24N2O5/c1-22(12-18(23)14-27-13-16-5-3-2-4-6-16)20(26)21-11-15-7-9-17(10-8-15)19(24)25/h2-10,18,23H,11-14H2,1H3,(H,21,26)(H,24,25). The zero-order chi connectivity index (χ0) is 19.6. The molecule has 2 aromatic carbocycles. The predicted octanol–water partition coefficient (Wildman–Crippen LogP) is 2.10. The van der Waals surface area contributed by atoms with Gasteiger partial charge in [0, 0.05) is 13.6 Å². The monoisotopic (exact) mass is 372 g/mol. The highest BCUT2D eigenvalue weighted by Gasteiger charge is 2.14. The summed E-state index contributed by atoms with van der Waals surface area (Å²) in [5.74, 6) is -0.992. The molecule has 0 bridgehead atoms. The van der Waals surface area contributed by atoms with Crippen LogP contribution in [0.4, 0.5) is 4.79 Å². The highest BCUT2D eigenvalue weighted by atomic mass is 16.5. The molecule has 7 nitrogen and oxygen atoms in total. The van der Waals surface area contributed by atoms with E-state index in [1.165, 1.54) is 17.0 Å². The van der Waals surface area contributed by atoms with Crippen LogP contribution in [0.2, 0.25) is 0 Å². The van der Waals surface area contributed by atoms with Crippen molar-refractivity contribution in [2.75, 3.05) is 20.2 Å². The van der Waals surface area contributed by atoms with E-state index in [1.807, 2.05) is 30.3 Å². The number of aliphatic hydroxyl groups excluding tert-OH is 1. The number of carbonyl (C=O) groups is 2.